The molecule has 3 N–H and O–H groups in total. The zero-order valence-corrected chi connectivity index (χ0v) is 7.55. The largest absolute Gasteiger partial charge is 0.358 e. The molecule has 0 saturated carbocycles. The number of amides is 1. The summed E-state index contributed by atoms with van der Waals surface area (Å²) in [5.41, 5.74) is 5.73. The highest BCUT2D eigenvalue weighted by molar-refractivity contribution is 5.77. The number of hydrogen-bond acceptors (Lipinski definition) is 3. The van der Waals surface area contributed by atoms with Gasteiger partial charge >= 0.3 is 0 Å². The van der Waals surface area contributed by atoms with Gasteiger partial charge in [-0.2, -0.15) is 0 Å². The molecule has 0 radical (unpaired) electrons. The number of nitrogens with two attached hydrogens (primary N) is 1. The van der Waals surface area contributed by atoms with Crippen LogP contribution in [-0.4, -0.2) is 43.5 Å². The smallest absolute Gasteiger partial charge is 0.233 e. The van der Waals surface area contributed by atoms with Gasteiger partial charge in [0.2, 0.25) is 5.91 Å². The molecule has 0 atom stereocenters. The molecule has 0 unspecified atom stereocenters. The van der Waals surface area contributed by atoms with Gasteiger partial charge in [0.05, 0.1) is 6.54 Å². The van der Waals surface area contributed by atoms with Crippen molar-refractivity contribution in [1.29, 1.82) is 0 Å². The highest BCUT2D eigenvalue weighted by Crippen LogP contribution is 2.06. The summed E-state index contributed by atoms with van der Waals surface area (Å²) in [7, 11) is 1.66. The van der Waals surface area contributed by atoms with Gasteiger partial charge in [-0.1, -0.05) is 0 Å². The highest BCUT2D eigenvalue weighted by atomic mass is 16.1. The predicted molar refractivity (Wildman–Crippen MR) is 47.7 cm³/mol. The highest BCUT2D eigenvalue weighted by Gasteiger charge is 2.17. The Bertz CT molecular complexity index is 152. The molecule has 1 rings (SSSR count). The summed E-state index contributed by atoms with van der Waals surface area (Å²) in [5.74, 6) is 0.0884. The van der Waals surface area contributed by atoms with Gasteiger partial charge < -0.3 is 11.1 Å². The standard InChI is InChI=1S/C8H17N3O/c1-10-8(12)6-11-4-2-7(9)3-5-11/h7H,2-6,9H2,1H3,(H,10,12). The summed E-state index contributed by atoms with van der Waals surface area (Å²) in [4.78, 5) is 13.1. The Morgan fingerprint density at radius 1 is 1.58 bits per heavy atom. The van der Waals surface area contributed by atoms with Crippen molar-refractivity contribution < 1.29 is 4.79 Å². The molecule has 1 saturated heterocycles. The molecule has 0 bridgehead atoms. The van der Waals surface area contributed by atoms with E-state index in [-0.39, 0.29) is 5.91 Å². The number of rotatable bonds is 2. The molecule has 1 aliphatic rings. The molecule has 70 valence electrons. The fourth-order valence-electron chi connectivity index (χ4n) is 1.39. The number of piperidine rings is 1. The molecule has 1 aliphatic heterocycles. The first-order valence-electron chi connectivity index (χ1n) is 4.41. The lowest BCUT2D eigenvalue weighted by Crippen LogP contribution is -2.43. The molecular weight excluding hydrogens is 154 g/mol. The third kappa shape index (κ3) is 2.79. The van der Waals surface area contributed by atoms with Crippen LogP contribution in [0.5, 0.6) is 0 Å². The van der Waals surface area contributed by atoms with E-state index in [2.05, 4.69) is 10.2 Å². The van der Waals surface area contributed by atoms with Crippen molar-refractivity contribution in [2.24, 2.45) is 5.73 Å². The Balaban J connectivity index is 2.21. The molecule has 1 heterocycles. The molecule has 0 aliphatic carbocycles. The van der Waals surface area contributed by atoms with E-state index in [4.69, 9.17) is 5.73 Å². The number of nitrogens with one attached hydrogen (secondary N) is 1. The van der Waals surface area contributed by atoms with Crippen LogP contribution in [0.1, 0.15) is 12.8 Å². The number of nitrogens with zero attached hydrogens (tertiary/aromatic N) is 1. The number of hydrogen-bond donors (Lipinski definition) is 2. The summed E-state index contributed by atoms with van der Waals surface area (Å²) in [6.07, 6.45) is 2.02. The molecule has 1 amide bonds. The Hall–Kier alpha value is -0.610. The summed E-state index contributed by atoms with van der Waals surface area (Å²) in [5, 5.41) is 2.61. The fraction of sp³-hybridized carbons (Fsp3) is 0.875. The van der Waals surface area contributed by atoms with Crippen molar-refractivity contribution in [1.82, 2.24) is 10.2 Å². The average molecular weight is 171 g/mol. The summed E-state index contributed by atoms with van der Waals surface area (Å²) in [6, 6.07) is 0.339. The average Bonchev–Trinajstić information content (AvgIpc) is 2.09. The topological polar surface area (TPSA) is 58.4 Å². The van der Waals surface area contributed by atoms with Crippen LogP contribution in [0, 0.1) is 0 Å². The normalized spacial score (nSPS) is 20.8. The van der Waals surface area contributed by atoms with Crippen LogP contribution < -0.4 is 11.1 Å². The van der Waals surface area contributed by atoms with E-state index >= 15 is 0 Å². The van der Waals surface area contributed by atoms with Gasteiger partial charge in [0.1, 0.15) is 0 Å². The summed E-state index contributed by atoms with van der Waals surface area (Å²) in [6.45, 7) is 2.42. The molecule has 1 fully saturated rings. The third-order valence-electron chi connectivity index (χ3n) is 2.28. The zero-order chi connectivity index (χ0) is 8.97. The Morgan fingerprint density at radius 3 is 2.67 bits per heavy atom. The van der Waals surface area contributed by atoms with E-state index in [9.17, 15) is 4.79 Å². The minimum absolute atomic E-state index is 0.0884. The van der Waals surface area contributed by atoms with Gasteiger partial charge in [-0.15, -0.1) is 0 Å². The Labute approximate surface area is 73.1 Å². The van der Waals surface area contributed by atoms with Crippen LogP contribution in [0.3, 0.4) is 0 Å². The monoisotopic (exact) mass is 171 g/mol. The first-order chi connectivity index (χ1) is 5.72. The number of carbonyl (C=O) groups is 1. The second kappa shape index (κ2) is 4.42. The van der Waals surface area contributed by atoms with Gasteiger partial charge in [-0.05, 0) is 12.8 Å². The van der Waals surface area contributed by atoms with Crippen molar-refractivity contribution in [3.05, 3.63) is 0 Å². The molecule has 4 nitrogen and oxygen atoms in total. The Kier molecular flexibility index (Phi) is 3.49. The molecule has 0 aromatic carbocycles. The van der Waals surface area contributed by atoms with E-state index in [1.165, 1.54) is 0 Å². The van der Waals surface area contributed by atoms with E-state index in [1.807, 2.05) is 0 Å². The predicted octanol–water partition coefficient (Wildman–Crippen LogP) is -0.844. The third-order valence-corrected chi connectivity index (χ3v) is 2.28. The molecule has 12 heavy (non-hydrogen) atoms. The maximum absolute atomic E-state index is 11.0. The molecule has 0 aromatic heterocycles. The van der Waals surface area contributed by atoms with Gasteiger partial charge in [-0.25, -0.2) is 0 Å². The lowest BCUT2D eigenvalue weighted by atomic mass is 10.1. The van der Waals surface area contributed by atoms with E-state index < -0.39 is 0 Å². The molecule has 0 aromatic rings. The van der Waals surface area contributed by atoms with Gasteiger partial charge in [0, 0.05) is 26.2 Å². The van der Waals surface area contributed by atoms with E-state index in [1.54, 1.807) is 7.05 Å². The summed E-state index contributed by atoms with van der Waals surface area (Å²) < 4.78 is 0. The first-order valence-corrected chi connectivity index (χ1v) is 4.41. The van der Waals surface area contributed by atoms with E-state index in [0.717, 1.165) is 25.9 Å². The van der Waals surface area contributed by atoms with Gasteiger partial charge in [-0.3, -0.25) is 9.69 Å². The van der Waals surface area contributed by atoms with Crippen molar-refractivity contribution in [3.63, 3.8) is 0 Å². The van der Waals surface area contributed by atoms with Crippen LogP contribution in [0.25, 0.3) is 0 Å². The lowest BCUT2D eigenvalue weighted by Gasteiger charge is -2.29. The van der Waals surface area contributed by atoms with Crippen LogP contribution in [0.2, 0.25) is 0 Å². The summed E-state index contributed by atoms with van der Waals surface area (Å²) >= 11 is 0. The van der Waals surface area contributed by atoms with Crippen molar-refractivity contribution >= 4 is 5.91 Å². The minimum atomic E-state index is 0.0884. The number of likely N-dealkylation sites (N-methyl/N-ethyl adjacent to an activating group) is 1. The van der Waals surface area contributed by atoms with Crippen LogP contribution in [0.15, 0.2) is 0 Å². The number of carbonyl (C=O) groups excluding carboxylic acids is 1. The molecular formula is C8H17N3O. The maximum atomic E-state index is 11.0. The second-order valence-electron chi connectivity index (χ2n) is 3.29. The first kappa shape index (κ1) is 9.48. The zero-order valence-electron chi connectivity index (χ0n) is 7.55. The van der Waals surface area contributed by atoms with Gasteiger partial charge in [0.15, 0.2) is 0 Å². The second-order valence-corrected chi connectivity index (χ2v) is 3.29. The van der Waals surface area contributed by atoms with Crippen LogP contribution in [0.4, 0.5) is 0 Å². The Morgan fingerprint density at radius 2 is 2.17 bits per heavy atom. The van der Waals surface area contributed by atoms with Crippen molar-refractivity contribution in [2.75, 3.05) is 26.7 Å². The number of likely N-dealkylation sites (tertiary alicyclic amines) is 1. The fourth-order valence-corrected chi connectivity index (χ4v) is 1.39. The maximum Gasteiger partial charge on any atom is 0.233 e. The molecule has 0 spiro atoms. The lowest BCUT2D eigenvalue weighted by molar-refractivity contribution is -0.122. The van der Waals surface area contributed by atoms with Crippen molar-refractivity contribution in [3.8, 4) is 0 Å². The minimum Gasteiger partial charge on any atom is -0.358 e. The van der Waals surface area contributed by atoms with Crippen molar-refractivity contribution in [2.45, 2.75) is 18.9 Å². The van der Waals surface area contributed by atoms with Crippen LogP contribution in [-0.2, 0) is 4.79 Å². The van der Waals surface area contributed by atoms with Crippen LogP contribution >= 0.6 is 0 Å². The molecule has 4 heteroatoms. The van der Waals surface area contributed by atoms with E-state index in [0.29, 0.717) is 12.6 Å². The van der Waals surface area contributed by atoms with Gasteiger partial charge in [0.25, 0.3) is 0 Å². The SMILES string of the molecule is CNC(=O)CN1CCC(N)CC1. The quantitative estimate of drug-likeness (QED) is 0.569.